The number of anilines is 1. The molecular formula is C24H29Cl2N3O6. The first-order chi connectivity index (χ1) is 16.8. The van der Waals surface area contributed by atoms with E-state index in [-0.39, 0.29) is 21.5 Å². The molecule has 0 heterocycles. The van der Waals surface area contributed by atoms with Crippen molar-refractivity contribution < 1.29 is 28.5 Å². The molecule has 35 heavy (non-hydrogen) atoms. The topological polar surface area (TPSA) is 108 Å². The fourth-order valence-corrected chi connectivity index (χ4v) is 3.53. The van der Waals surface area contributed by atoms with E-state index < -0.39 is 17.7 Å². The molecule has 1 unspecified atom stereocenters. The number of amides is 1. The lowest BCUT2D eigenvalue weighted by molar-refractivity contribution is -0.126. The molecule has 11 heteroatoms. The van der Waals surface area contributed by atoms with Gasteiger partial charge in [0.15, 0.2) is 23.0 Å². The van der Waals surface area contributed by atoms with Gasteiger partial charge < -0.3 is 24.3 Å². The first-order valence-electron chi connectivity index (χ1n) is 11.2. The molecule has 0 saturated carbocycles. The minimum absolute atomic E-state index is 0.208. The summed E-state index contributed by atoms with van der Waals surface area (Å²) in [5.74, 6) is 0.188. The van der Waals surface area contributed by atoms with Crippen molar-refractivity contribution in [1.29, 1.82) is 0 Å². The van der Waals surface area contributed by atoms with Crippen molar-refractivity contribution in [2.75, 3.05) is 31.7 Å². The Bertz CT molecular complexity index is 1080. The molecule has 2 aromatic rings. The fraction of sp³-hybridized carbons (Fsp3) is 0.417. The summed E-state index contributed by atoms with van der Waals surface area (Å²) in [6.07, 6.45) is 0. The zero-order chi connectivity index (χ0) is 26.0. The first-order valence-corrected chi connectivity index (χ1v) is 11.9. The molecule has 0 bridgehead atoms. The van der Waals surface area contributed by atoms with E-state index in [9.17, 15) is 9.59 Å². The van der Waals surface area contributed by atoms with E-state index in [1.165, 1.54) is 13.0 Å². The number of halogens is 2. The van der Waals surface area contributed by atoms with Crippen molar-refractivity contribution in [2.45, 2.75) is 40.7 Å². The Hall–Kier alpha value is -3.04. The third kappa shape index (κ3) is 7.47. The molecule has 2 rings (SSSR count). The van der Waals surface area contributed by atoms with Crippen LogP contribution in [0.3, 0.4) is 0 Å². The summed E-state index contributed by atoms with van der Waals surface area (Å²) >= 11 is 12.7. The predicted octanol–water partition coefficient (Wildman–Crippen LogP) is 6.27. The third-order valence-electron chi connectivity index (χ3n) is 4.41. The zero-order valence-electron chi connectivity index (χ0n) is 20.3. The van der Waals surface area contributed by atoms with Crippen molar-refractivity contribution in [3.63, 3.8) is 0 Å². The monoisotopic (exact) mass is 525 g/mol. The van der Waals surface area contributed by atoms with Crippen LogP contribution in [-0.2, 0) is 9.59 Å². The molecule has 0 radical (unpaired) electrons. The Balaban J connectivity index is 2.33. The molecule has 0 aliphatic rings. The molecule has 0 saturated heterocycles. The van der Waals surface area contributed by atoms with Crippen LogP contribution in [-0.4, -0.2) is 44.2 Å². The van der Waals surface area contributed by atoms with Crippen molar-refractivity contribution in [1.82, 2.24) is 0 Å². The Morgan fingerprint density at radius 3 is 2.09 bits per heavy atom. The van der Waals surface area contributed by atoms with Crippen LogP contribution in [0.5, 0.6) is 23.0 Å². The number of Topliss-reactive ketones (excluding diaryl/α,β-unsaturated/α-hetero) is 1. The highest BCUT2D eigenvalue weighted by molar-refractivity contribution is 6.34. The summed E-state index contributed by atoms with van der Waals surface area (Å²) in [5, 5.41) is 11.1. The Morgan fingerprint density at radius 1 is 0.886 bits per heavy atom. The molecule has 1 N–H and O–H groups in total. The molecule has 1 amide bonds. The van der Waals surface area contributed by atoms with Crippen molar-refractivity contribution in [3.8, 4) is 23.0 Å². The van der Waals surface area contributed by atoms with Crippen LogP contribution >= 0.6 is 23.2 Å². The van der Waals surface area contributed by atoms with Gasteiger partial charge in [0.1, 0.15) is 10.8 Å². The molecule has 0 aromatic heterocycles. The fourth-order valence-electron chi connectivity index (χ4n) is 2.99. The third-order valence-corrected chi connectivity index (χ3v) is 5.05. The van der Waals surface area contributed by atoms with Gasteiger partial charge in [0, 0.05) is 6.07 Å². The lowest BCUT2D eigenvalue weighted by Crippen LogP contribution is -2.32. The molecule has 0 spiro atoms. The van der Waals surface area contributed by atoms with Gasteiger partial charge in [-0.15, -0.1) is 0 Å². The highest BCUT2D eigenvalue weighted by atomic mass is 35.5. The summed E-state index contributed by atoms with van der Waals surface area (Å²) in [6, 6.07) is 4.83. The minimum Gasteiger partial charge on any atom is -0.492 e. The maximum Gasteiger partial charge on any atom is 0.258 e. The lowest BCUT2D eigenvalue weighted by atomic mass is 10.2. The van der Waals surface area contributed by atoms with Crippen molar-refractivity contribution in [2.24, 2.45) is 10.2 Å². The lowest BCUT2D eigenvalue weighted by Gasteiger charge is -2.17. The number of nitrogens with one attached hydrogen (secondary N) is 1. The molecule has 0 aliphatic heterocycles. The number of benzene rings is 2. The van der Waals surface area contributed by atoms with E-state index in [0.29, 0.717) is 49.4 Å². The summed E-state index contributed by atoms with van der Waals surface area (Å²) in [7, 11) is 0. The van der Waals surface area contributed by atoms with Gasteiger partial charge in [-0.3, -0.25) is 9.59 Å². The Labute approximate surface area is 214 Å². The molecule has 190 valence electrons. The number of carbonyl (C=O) groups is 2. The minimum atomic E-state index is -1.42. The van der Waals surface area contributed by atoms with Crippen LogP contribution in [0, 0.1) is 0 Å². The van der Waals surface area contributed by atoms with Crippen LogP contribution < -0.4 is 24.3 Å². The Morgan fingerprint density at radius 2 is 1.49 bits per heavy atom. The van der Waals surface area contributed by atoms with E-state index in [1.54, 1.807) is 25.1 Å². The van der Waals surface area contributed by atoms with Crippen LogP contribution in [0.1, 0.15) is 34.6 Å². The summed E-state index contributed by atoms with van der Waals surface area (Å²) < 4.78 is 22.2. The molecule has 0 fully saturated rings. The van der Waals surface area contributed by atoms with Crippen LogP contribution in [0.25, 0.3) is 0 Å². The van der Waals surface area contributed by atoms with Gasteiger partial charge in [0.2, 0.25) is 6.04 Å². The first kappa shape index (κ1) is 28.2. The van der Waals surface area contributed by atoms with Crippen molar-refractivity contribution in [3.05, 3.63) is 34.3 Å². The number of rotatable bonds is 13. The van der Waals surface area contributed by atoms with E-state index in [2.05, 4.69) is 15.5 Å². The molecule has 1 atom stereocenters. The van der Waals surface area contributed by atoms with Gasteiger partial charge in [0.25, 0.3) is 5.91 Å². The van der Waals surface area contributed by atoms with Gasteiger partial charge in [0.05, 0.1) is 42.8 Å². The smallest absolute Gasteiger partial charge is 0.258 e. The van der Waals surface area contributed by atoms with E-state index >= 15 is 0 Å². The van der Waals surface area contributed by atoms with Gasteiger partial charge in [-0.1, -0.05) is 23.2 Å². The second-order valence-electron chi connectivity index (χ2n) is 6.96. The summed E-state index contributed by atoms with van der Waals surface area (Å²) in [6.45, 7) is 9.97. The van der Waals surface area contributed by atoms with Crippen LogP contribution in [0.4, 0.5) is 11.4 Å². The quantitative estimate of drug-likeness (QED) is 0.244. The standard InChI is InChI=1S/C24H29Cl2N3O6/c1-6-32-18-11-10-17(23(20(18)26)35-9-4)27-24(31)21(14(5)30)29-28-15-12-16(25)22(34-8-3)19(13-15)33-7-2/h10-13,21H,6-9H2,1-5H3,(H,27,31). The maximum atomic E-state index is 12.9. The molecular weight excluding hydrogens is 497 g/mol. The Kier molecular flexibility index (Phi) is 11.1. The van der Waals surface area contributed by atoms with E-state index in [4.69, 9.17) is 42.1 Å². The number of azo groups is 1. The SMILES string of the molecule is CCOc1ccc(NC(=O)C(N=Nc2cc(Cl)c(OCC)c(OCC)c2)C(C)=O)c(OCC)c1Cl. The highest BCUT2D eigenvalue weighted by Gasteiger charge is 2.25. The number of nitrogens with zero attached hydrogens (tertiary/aromatic N) is 2. The average molecular weight is 526 g/mol. The average Bonchev–Trinajstić information content (AvgIpc) is 2.80. The molecule has 0 aliphatic carbocycles. The number of ether oxygens (including phenoxy) is 4. The van der Waals surface area contributed by atoms with Gasteiger partial charge in [-0.25, -0.2) is 0 Å². The largest absolute Gasteiger partial charge is 0.492 e. The number of hydrogen-bond donors (Lipinski definition) is 1. The normalized spacial score (nSPS) is 11.7. The maximum absolute atomic E-state index is 12.9. The second-order valence-corrected chi connectivity index (χ2v) is 7.74. The number of carbonyl (C=O) groups excluding carboxylic acids is 2. The molecule has 9 nitrogen and oxygen atoms in total. The van der Waals surface area contributed by atoms with Gasteiger partial charge in [-0.05, 0) is 52.8 Å². The van der Waals surface area contributed by atoms with Crippen LogP contribution in [0.15, 0.2) is 34.5 Å². The second kappa shape index (κ2) is 13.7. The summed E-state index contributed by atoms with van der Waals surface area (Å²) in [5.41, 5.74) is 0.564. The van der Waals surface area contributed by atoms with Gasteiger partial charge in [-0.2, -0.15) is 10.2 Å². The molecule has 2 aromatic carbocycles. The number of ketones is 1. The van der Waals surface area contributed by atoms with E-state index in [0.717, 1.165) is 0 Å². The van der Waals surface area contributed by atoms with E-state index in [1.807, 2.05) is 20.8 Å². The highest BCUT2D eigenvalue weighted by Crippen LogP contribution is 2.41. The number of hydrogen-bond acceptors (Lipinski definition) is 8. The van der Waals surface area contributed by atoms with Crippen LogP contribution in [0.2, 0.25) is 10.0 Å². The van der Waals surface area contributed by atoms with Crippen molar-refractivity contribution >= 4 is 46.3 Å². The summed E-state index contributed by atoms with van der Waals surface area (Å²) in [4.78, 5) is 25.2. The van der Waals surface area contributed by atoms with Gasteiger partial charge >= 0.3 is 0 Å². The zero-order valence-corrected chi connectivity index (χ0v) is 21.8. The predicted molar refractivity (Wildman–Crippen MR) is 135 cm³/mol.